The molecule has 1 atom stereocenters. The summed E-state index contributed by atoms with van der Waals surface area (Å²) in [6.07, 6.45) is 3.86. The molecule has 0 aliphatic heterocycles. The lowest BCUT2D eigenvalue weighted by Crippen LogP contribution is -2.23. The van der Waals surface area contributed by atoms with Gasteiger partial charge >= 0.3 is 0 Å². The molecule has 132 valence electrons. The summed E-state index contributed by atoms with van der Waals surface area (Å²) >= 11 is 0. The van der Waals surface area contributed by atoms with Crippen molar-refractivity contribution in [2.24, 2.45) is 0 Å². The summed E-state index contributed by atoms with van der Waals surface area (Å²) in [5, 5.41) is 6.51. The summed E-state index contributed by atoms with van der Waals surface area (Å²) in [4.78, 5) is 12.3. The molecule has 0 bridgehead atoms. The van der Waals surface area contributed by atoms with Gasteiger partial charge in [-0.2, -0.15) is 0 Å². The van der Waals surface area contributed by atoms with E-state index in [-0.39, 0.29) is 5.91 Å². The Balaban J connectivity index is 1.36. The number of nitrogens with one attached hydrogen (secondary N) is 2. The van der Waals surface area contributed by atoms with Crippen LogP contribution >= 0.6 is 0 Å². The van der Waals surface area contributed by atoms with E-state index in [9.17, 15) is 4.79 Å². The molecule has 0 saturated heterocycles. The van der Waals surface area contributed by atoms with Crippen molar-refractivity contribution in [3.63, 3.8) is 0 Å². The number of furan rings is 1. The van der Waals surface area contributed by atoms with Gasteiger partial charge in [-0.3, -0.25) is 4.79 Å². The van der Waals surface area contributed by atoms with Crippen LogP contribution < -0.4 is 10.6 Å². The van der Waals surface area contributed by atoms with Crippen LogP contribution in [0.25, 0.3) is 0 Å². The van der Waals surface area contributed by atoms with Crippen LogP contribution in [0, 0.1) is 0 Å². The van der Waals surface area contributed by atoms with Crippen molar-refractivity contribution in [3.8, 4) is 0 Å². The average molecular weight is 346 g/mol. The molecule has 1 aliphatic carbocycles. The Morgan fingerprint density at radius 1 is 1.04 bits per heavy atom. The fourth-order valence-electron chi connectivity index (χ4n) is 3.52. The second kappa shape index (κ2) is 7.58. The Labute approximate surface area is 153 Å². The molecule has 0 unspecified atom stereocenters. The van der Waals surface area contributed by atoms with Gasteiger partial charge < -0.3 is 15.1 Å². The van der Waals surface area contributed by atoms with Gasteiger partial charge in [-0.15, -0.1) is 0 Å². The van der Waals surface area contributed by atoms with E-state index < -0.39 is 0 Å². The van der Waals surface area contributed by atoms with E-state index in [0.717, 1.165) is 30.7 Å². The van der Waals surface area contributed by atoms with E-state index in [1.807, 2.05) is 30.3 Å². The minimum Gasteiger partial charge on any atom is -0.467 e. The lowest BCUT2D eigenvalue weighted by Gasteiger charge is -2.14. The molecule has 0 spiro atoms. The SMILES string of the molecule is O=C(NCc1ccco1)c1cccc(CN[C@H]2CCc3ccccc32)c1. The Morgan fingerprint density at radius 2 is 1.96 bits per heavy atom. The van der Waals surface area contributed by atoms with Crippen LogP contribution in [0.15, 0.2) is 71.3 Å². The van der Waals surface area contributed by atoms with Gasteiger partial charge in [0.2, 0.25) is 0 Å². The second-order valence-electron chi connectivity index (χ2n) is 6.63. The van der Waals surface area contributed by atoms with Crippen LogP contribution in [0.1, 0.15) is 45.3 Å². The number of hydrogen-bond acceptors (Lipinski definition) is 3. The highest BCUT2D eigenvalue weighted by atomic mass is 16.3. The number of rotatable bonds is 6. The summed E-state index contributed by atoms with van der Waals surface area (Å²) in [7, 11) is 0. The van der Waals surface area contributed by atoms with Gasteiger partial charge in [0.05, 0.1) is 12.8 Å². The Hall–Kier alpha value is -2.85. The van der Waals surface area contributed by atoms with Crippen LogP contribution in [0.2, 0.25) is 0 Å². The van der Waals surface area contributed by atoms with Crippen molar-refractivity contribution in [2.75, 3.05) is 0 Å². The summed E-state index contributed by atoms with van der Waals surface area (Å²) < 4.78 is 5.24. The van der Waals surface area contributed by atoms with Gasteiger partial charge in [0.15, 0.2) is 0 Å². The lowest BCUT2D eigenvalue weighted by molar-refractivity contribution is 0.0948. The summed E-state index contributed by atoms with van der Waals surface area (Å²) in [5.74, 6) is 0.658. The minimum atomic E-state index is -0.0885. The zero-order valence-corrected chi connectivity index (χ0v) is 14.6. The quantitative estimate of drug-likeness (QED) is 0.710. The van der Waals surface area contributed by atoms with Crippen LogP contribution in [0.5, 0.6) is 0 Å². The third-order valence-corrected chi connectivity index (χ3v) is 4.88. The predicted octanol–water partition coefficient (Wildman–Crippen LogP) is 3.99. The van der Waals surface area contributed by atoms with E-state index >= 15 is 0 Å². The number of amides is 1. The number of carbonyl (C=O) groups excluding carboxylic acids is 1. The van der Waals surface area contributed by atoms with Crippen molar-refractivity contribution in [1.29, 1.82) is 0 Å². The van der Waals surface area contributed by atoms with Crippen molar-refractivity contribution >= 4 is 5.91 Å². The molecule has 0 fully saturated rings. The second-order valence-corrected chi connectivity index (χ2v) is 6.63. The molecule has 1 amide bonds. The molecule has 1 aromatic heterocycles. The zero-order chi connectivity index (χ0) is 17.8. The smallest absolute Gasteiger partial charge is 0.251 e. The standard InChI is InChI=1S/C22H22N2O2/c25-22(24-15-19-8-4-12-26-19)18-7-3-5-16(13-18)14-23-21-11-10-17-6-1-2-9-20(17)21/h1-9,12-13,21,23H,10-11,14-15H2,(H,24,25)/t21-/m0/s1. The maximum atomic E-state index is 12.3. The van der Waals surface area contributed by atoms with Crippen molar-refractivity contribution in [1.82, 2.24) is 10.6 Å². The molecule has 4 nitrogen and oxygen atoms in total. The van der Waals surface area contributed by atoms with Gasteiger partial charge in [0, 0.05) is 18.2 Å². The lowest BCUT2D eigenvalue weighted by atomic mass is 10.1. The van der Waals surface area contributed by atoms with Gasteiger partial charge in [-0.25, -0.2) is 0 Å². The van der Waals surface area contributed by atoms with E-state index in [1.54, 1.807) is 6.26 Å². The Morgan fingerprint density at radius 3 is 2.85 bits per heavy atom. The molecule has 2 aromatic carbocycles. The van der Waals surface area contributed by atoms with Crippen LogP contribution in [0.4, 0.5) is 0 Å². The fraction of sp³-hybridized carbons (Fsp3) is 0.227. The predicted molar refractivity (Wildman–Crippen MR) is 101 cm³/mol. The first-order valence-corrected chi connectivity index (χ1v) is 9.00. The molecule has 1 aliphatic rings. The van der Waals surface area contributed by atoms with E-state index in [4.69, 9.17) is 4.42 Å². The summed E-state index contributed by atoms with van der Waals surface area (Å²) in [5.41, 5.74) is 4.62. The van der Waals surface area contributed by atoms with Crippen LogP contribution in [-0.2, 0) is 19.5 Å². The number of aryl methyl sites for hydroxylation is 1. The molecule has 0 radical (unpaired) electrons. The first-order chi connectivity index (χ1) is 12.8. The van der Waals surface area contributed by atoms with Gasteiger partial charge in [0.1, 0.15) is 5.76 Å². The molecule has 3 aromatic rings. The Bertz CT molecular complexity index is 887. The van der Waals surface area contributed by atoms with E-state index in [1.165, 1.54) is 11.1 Å². The Kier molecular flexibility index (Phi) is 4.84. The summed E-state index contributed by atoms with van der Waals surface area (Å²) in [6, 6.07) is 20.4. The molecule has 4 rings (SSSR count). The maximum absolute atomic E-state index is 12.3. The minimum absolute atomic E-state index is 0.0885. The molecule has 26 heavy (non-hydrogen) atoms. The van der Waals surface area contributed by atoms with Crippen molar-refractivity contribution < 1.29 is 9.21 Å². The maximum Gasteiger partial charge on any atom is 0.251 e. The van der Waals surface area contributed by atoms with E-state index in [2.05, 4.69) is 41.0 Å². The fourth-order valence-corrected chi connectivity index (χ4v) is 3.52. The van der Waals surface area contributed by atoms with Crippen LogP contribution in [-0.4, -0.2) is 5.91 Å². The third kappa shape index (κ3) is 3.70. The topological polar surface area (TPSA) is 54.3 Å². The van der Waals surface area contributed by atoms with E-state index in [0.29, 0.717) is 18.2 Å². The average Bonchev–Trinajstić information content (AvgIpc) is 3.34. The normalized spacial score (nSPS) is 15.6. The number of fused-ring (bicyclic) bond motifs is 1. The van der Waals surface area contributed by atoms with Gasteiger partial charge in [-0.1, -0.05) is 36.4 Å². The summed E-state index contributed by atoms with van der Waals surface area (Å²) in [6.45, 7) is 1.14. The van der Waals surface area contributed by atoms with Crippen LogP contribution in [0.3, 0.4) is 0 Å². The molecule has 4 heteroatoms. The van der Waals surface area contributed by atoms with Gasteiger partial charge in [-0.05, 0) is 53.8 Å². The number of carbonyl (C=O) groups is 1. The molecular weight excluding hydrogens is 324 g/mol. The van der Waals surface area contributed by atoms with Crippen molar-refractivity contribution in [2.45, 2.75) is 32.0 Å². The molecule has 1 heterocycles. The largest absolute Gasteiger partial charge is 0.467 e. The number of benzene rings is 2. The zero-order valence-electron chi connectivity index (χ0n) is 14.6. The first-order valence-electron chi connectivity index (χ1n) is 9.00. The number of hydrogen-bond donors (Lipinski definition) is 2. The highest BCUT2D eigenvalue weighted by Gasteiger charge is 2.21. The monoisotopic (exact) mass is 346 g/mol. The molecule has 2 N–H and O–H groups in total. The molecular formula is C22H22N2O2. The van der Waals surface area contributed by atoms with Crippen molar-refractivity contribution in [3.05, 3.63) is 94.9 Å². The third-order valence-electron chi connectivity index (χ3n) is 4.88. The first kappa shape index (κ1) is 16.6. The highest BCUT2D eigenvalue weighted by molar-refractivity contribution is 5.94. The highest BCUT2D eigenvalue weighted by Crippen LogP contribution is 2.30. The van der Waals surface area contributed by atoms with Gasteiger partial charge in [0.25, 0.3) is 5.91 Å². The molecule has 0 saturated carbocycles.